The van der Waals surface area contributed by atoms with Crippen LogP contribution in [0.1, 0.15) is 11.1 Å². The van der Waals surface area contributed by atoms with Crippen LogP contribution in [0.2, 0.25) is 0 Å². The van der Waals surface area contributed by atoms with Gasteiger partial charge in [0, 0.05) is 12.0 Å². The van der Waals surface area contributed by atoms with Crippen molar-refractivity contribution in [3.8, 4) is 5.75 Å². The maximum atomic E-state index is 12.1. The summed E-state index contributed by atoms with van der Waals surface area (Å²) in [5, 5.41) is 0. The molecule has 0 radical (unpaired) electrons. The summed E-state index contributed by atoms with van der Waals surface area (Å²) in [7, 11) is 1.36. The number of carbonyl (C=O) groups excluding carboxylic acids is 1. The minimum atomic E-state index is -4.80. The molecule has 5 heteroatoms. The standard InChI is InChI=1S/C11H11F3O2/c1-7-3-4-8(9(5-7)16-2)6-10(15)11(12,13)14/h3-5H,6H2,1-2H3. The number of carbonyl (C=O) groups is 1. The Morgan fingerprint density at radius 1 is 1.38 bits per heavy atom. The summed E-state index contributed by atoms with van der Waals surface area (Å²) in [6.07, 6.45) is -5.48. The molecule has 0 atom stereocenters. The summed E-state index contributed by atoms with van der Waals surface area (Å²) in [5.74, 6) is -1.47. The predicted octanol–water partition coefficient (Wildman–Crippen LogP) is 2.68. The minimum Gasteiger partial charge on any atom is -0.496 e. The predicted molar refractivity (Wildman–Crippen MR) is 52.5 cm³/mol. The highest BCUT2D eigenvalue weighted by molar-refractivity contribution is 5.86. The van der Waals surface area contributed by atoms with Crippen LogP contribution >= 0.6 is 0 Å². The van der Waals surface area contributed by atoms with Crippen LogP contribution in [0.3, 0.4) is 0 Å². The van der Waals surface area contributed by atoms with Gasteiger partial charge in [0.1, 0.15) is 5.75 Å². The van der Waals surface area contributed by atoms with Crippen molar-refractivity contribution in [3.63, 3.8) is 0 Å². The lowest BCUT2D eigenvalue weighted by molar-refractivity contribution is -0.170. The molecule has 0 amide bonds. The van der Waals surface area contributed by atoms with E-state index < -0.39 is 18.4 Å². The highest BCUT2D eigenvalue weighted by Gasteiger charge is 2.38. The van der Waals surface area contributed by atoms with Gasteiger partial charge in [0.2, 0.25) is 5.78 Å². The Morgan fingerprint density at radius 3 is 2.50 bits per heavy atom. The summed E-state index contributed by atoms with van der Waals surface area (Å²) in [5.41, 5.74) is 1.11. The summed E-state index contributed by atoms with van der Waals surface area (Å²) in [4.78, 5) is 10.8. The Balaban J connectivity index is 2.93. The molecule has 0 aliphatic carbocycles. The van der Waals surface area contributed by atoms with Crippen LogP contribution in [-0.4, -0.2) is 19.1 Å². The van der Waals surface area contributed by atoms with Gasteiger partial charge in [-0.05, 0) is 18.6 Å². The van der Waals surface area contributed by atoms with Gasteiger partial charge in [0.05, 0.1) is 7.11 Å². The van der Waals surface area contributed by atoms with E-state index in [1.807, 2.05) is 0 Å². The van der Waals surface area contributed by atoms with E-state index in [4.69, 9.17) is 4.74 Å². The second-order valence-electron chi connectivity index (χ2n) is 3.41. The number of hydrogen-bond donors (Lipinski definition) is 0. The first-order valence-corrected chi connectivity index (χ1v) is 4.58. The first-order chi connectivity index (χ1) is 7.34. The first-order valence-electron chi connectivity index (χ1n) is 4.58. The zero-order valence-electron chi connectivity index (χ0n) is 8.89. The fourth-order valence-electron chi connectivity index (χ4n) is 1.27. The van der Waals surface area contributed by atoms with Crippen molar-refractivity contribution in [3.05, 3.63) is 29.3 Å². The van der Waals surface area contributed by atoms with Crippen LogP contribution in [0.5, 0.6) is 5.75 Å². The Labute approximate surface area is 91.0 Å². The number of aryl methyl sites for hydroxylation is 1. The van der Waals surface area contributed by atoms with Crippen LogP contribution in [-0.2, 0) is 11.2 Å². The number of ether oxygens (including phenoxy) is 1. The molecule has 1 aromatic carbocycles. The van der Waals surface area contributed by atoms with Crippen LogP contribution in [0.15, 0.2) is 18.2 Å². The molecule has 0 heterocycles. The molecule has 0 saturated heterocycles. The highest BCUT2D eigenvalue weighted by atomic mass is 19.4. The molecule has 1 rings (SSSR count). The maximum absolute atomic E-state index is 12.1. The normalized spacial score (nSPS) is 11.3. The molecule has 0 saturated carbocycles. The fraction of sp³-hybridized carbons (Fsp3) is 0.364. The van der Waals surface area contributed by atoms with Crippen molar-refractivity contribution in [2.24, 2.45) is 0 Å². The van der Waals surface area contributed by atoms with E-state index in [0.29, 0.717) is 5.75 Å². The van der Waals surface area contributed by atoms with Gasteiger partial charge in [0.15, 0.2) is 0 Å². The number of halogens is 3. The van der Waals surface area contributed by atoms with E-state index in [1.165, 1.54) is 13.2 Å². The van der Waals surface area contributed by atoms with Gasteiger partial charge in [-0.2, -0.15) is 13.2 Å². The van der Waals surface area contributed by atoms with Crippen molar-refractivity contribution in [1.82, 2.24) is 0 Å². The number of alkyl halides is 3. The summed E-state index contributed by atoms with van der Waals surface area (Å²) in [6.45, 7) is 1.79. The van der Waals surface area contributed by atoms with Crippen molar-refractivity contribution in [2.45, 2.75) is 19.5 Å². The molecular weight excluding hydrogens is 221 g/mol. The molecule has 2 nitrogen and oxygen atoms in total. The number of Topliss-reactive ketones (excluding diaryl/α,β-unsaturated/α-hetero) is 1. The van der Waals surface area contributed by atoms with E-state index in [0.717, 1.165) is 5.56 Å². The Morgan fingerprint density at radius 2 is 2.00 bits per heavy atom. The van der Waals surface area contributed by atoms with Crippen LogP contribution in [0.25, 0.3) is 0 Å². The first kappa shape index (κ1) is 12.5. The number of ketones is 1. The van der Waals surface area contributed by atoms with Crippen LogP contribution in [0.4, 0.5) is 13.2 Å². The van der Waals surface area contributed by atoms with Gasteiger partial charge in [-0.15, -0.1) is 0 Å². The Kier molecular flexibility index (Phi) is 3.57. The quantitative estimate of drug-likeness (QED) is 0.800. The average Bonchev–Trinajstić information content (AvgIpc) is 2.19. The van der Waals surface area contributed by atoms with Gasteiger partial charge in [-0.25, -0.2) is 0 Å². The molecule has 0 spiro atoms. The van der Waals surface area contributed by atoms with Crippen molar-refractivity contribution in [1.29, 1.82) is 0 Å². The summed E-state index contributed by atoms with van der Waals surface area (Å²) >= 11 is 0. The zero-order valence-corrected chi connectivity index (χ0v) is 8.89. The lowest BCUT2D eigenvalue weighted by atomic mass is 10.1. The third kappa shape index (κ3) is 2.98. The highest BCUT2D eigenvalue weighted by Crippen LogP contribution is 2.24. The van der Waals surface area contributed by atoms with E-state index in [1.54, 1.807) is 19.1 Å². The van der Waals surface area contributed by atoms with Crippen LogP contribution in [0, 0.1) is 6.92 Å². The monoisotopic (exact) mass is 232 g/mol. The average molecular weight is 232 g/mol. The van der Waals surface area contributed by atoms with Crippen molar-refractivity contribution < 1.29 is 22.7 Å². The molecule has 88 valence electrons. The summed E-state index contributed by atoms with van der Waals surface area (Å²) in [6, 6.07) is 4.71. The number of methoxy groups -OCH3 is 1. The van der Waals surface area contributed by atoms with E-state index >= 15 is 0 Å². The Hall–Kier alpha value is -1.52. The third-order valence-corrected chi connectivity index (χ3v) is 2.11. The maximum Gasteiger partial charge on any atom is 0.450 e. The largest absolute Gasteiger partial charge is 0.496 e. The fourth-order valence-corrected chi connectivity index (χ4v) is 1.27. The number of rotatable bonds is 3. The van der Waals surface area contributed by atoms with E-state index in [9.17, 15) is 18.0 Å². The van der Waals surface area contributed by atoms with E-state index in [2.05, 4.69) is 0 Å². The van der Waals surface area contributed by atoms with E-state index in [-0.39, 0.29) is 5.56 Å². The topological polar surface area (TPSA) is 26.3 Å². The van der Waals surface area contributed by atoms with Gasteiger partial charge in [-0.1, -0.05) is 12.1 Å². The van der Waals surface area contributed by atoms with Crippen molar-refractivity contribution in [2.75, 3.05) is 7.11 Å². The molecule has 0 unspecified atom stereocenters. The minimum absolute atomic E-state index is 0.246. The molecule has 16 heavy (non-hydrogen) atoms. The third-order valence-electron chi connectivity index (χ3n) is 2.11. The van der Waals surface area contributed by atoms with Gasteiger partial charge < -0.3 is 4.74 Å². The zero-order chi connectivity index (χ0) is 12.3. The molecule has 0 aliphatic heterocycles. The molecular formula is C11H11F3O2. The Bertz CT molecular complexity index is 397. The van der Waals surface area contributed by atoms with Crippen molar-refractivity contribution >= 4 is 5.78 Å². The summed E-state index contributed by atoms with van der Waals surface area (Å²) < 4.78 is 41.1. The molecule has 0 aromatic heterocycles. The molecule has 0 N–H and O–H groups in total. The molecule has 0 aliphatic rings. The molecule has 1 aromatic rings. The molecule has 0 bridgehead atoms. The van der Waals surface area contributed by atoms with Gasteiger partial charge in [-0.3, -0.25) is 4.79 Å². The van der Waals surface area contributed by atoms with Gasteiger partial charge in [0.25, 0.3) is 0 Å². The second kappa shape index (κ2) is 4.55. The lowest BCUT2D eigenvalue weighted by Crippen LogP contribution is -2.24. The second-order valence-corrected chi connectivity index (χ2v) is 3.41. The smallest absolute Gasteiger partial charge is 0.450 e. The number of hydrogen-bond acceptors (Lipinski definition) is 2. The van der Waals surface area contributed by atoms with Gasteiger partial charge >= 0.3 is 6.18 Å². The molecule has 0 fully saturated rings. The van der Waals surface area contributed by atoms with Crippen LogP contribution < -0.4 is 4.74 Å². The lowest BCUT2D eigenvalue weighted by Gasteiger charge is -2.10. The SMILES string of the molecule is COc1cc(C)ccc1CC(=O)C(F)(F)F. The number of benzene rings is 1.